The predicted molar refractivity (Wildman–Crippen MR) is 71.0 cm³/mol. The maximum Gasteiger partial charge on any atom is 0.129 e. The summed E-state index contributed by atoms with van der Waals surface area (Å²) in [4.78, 5) is 3.95. The molecule has 0 saturated carbocycles. The average Bonchev–Trinajstić information content (AvgIpc) is 2.18. The summed E-state index contributed by atoms with van der Waals surface area (Å²) in [6.45, 7) is 8.16. The number of hydrogen-bond donors (Lipinski definition) is 3. The van der Waals surface area contributed by atoms with E-state index in [0.29, 0.717) is 22.9 Å². The molecule has 17 heavy (non-hydrogen) atoms. The Morgan fingerprint density at radius 1 is 1.41 bits per heavy atom. The second-order valence-electron chi connectivity index (χ2n) is 5.46. The molecule has 0 bridgehead atoms. The summed E-state index contributed by atoms with van der Waals surface area (Å²) in [7, 11) is 0. The van der Waals surface area contributed by atoms with E-state index in [0.717, 1.165) is 0 Å². The van der Waals surface area contributed by atoms with Gasteiger partial charge in [0.05, 0.1) is 5.02 Å². The third-order valence-electron chi connectivity index (χ3n) is 2.43. The Bertz CT molecular complexity index is 399. The Labute approximate surface area is 107 Å². The molecule has 1 aromatic rings. The molecule has 0 aliphatic carbocycles. The first kappa shape index (κ1) is 14.2. The van der Waals surface area contributed by atoms with E-state index in [9.17, 15) is 5.11 Å². The van der Waals surface area contributed by atoms with Crippen molar-refractivity contribution in [2.75, 3.05) is 12.3 Å². The van der Waals surface area contributed by atoms with Crippen LogP contribution < -0.4 is 11.1 Å². The summed E-state index contributed by atoms with van der Waals surface area (Å²) < 4.78 is 0. The number of aromatic nitrogens is 1. The molecule has 0 aliphatic rings. The van der Waals surface area contributed by atoms with Crippen LogP contribution in [0.15, 0.2) is 12.3 Å². The normalized spacial score (nSPS) is 15.6. The molecule has 0 amide bonds. The lowest BCUT2D eigenvalue weighted by Crippen LogP contribution is -2.45. The summed E-state index contributed by atoms with van der Waals surface area (Å²) in [5.74, 6) is 0.301. The lowest BCUT2D eigenvalue weighted by molar-refractivity contribution is 0.0506. The Kier molecular flexibility index (Phi) is 4.02. The van der Waals surface area contributed by atoms with Gasteiger partial charge in [0.2, 0.25) is 0 Å². The molecule has 0 radical (unpaired) electrons. The lowest BCUT2D eigenvalue weighted by atomic mass is 9.95. The second kappa shape index (κ2) is 4.80. The van der Waals surface area contributed by atoms with Crippen molar-refractivity contribution in [1.82, 2.24) is 10.3 Å². The molecule has 0 fully saturated rings. The highest BCUT2D eigenvalue weighted by atomic mass is 35.5. The Morgan fingerprint density at radius 2 is 2.00 bits per heavy atom. The number of pyridine rings is 1. The van der Waals surface area contributed by atoms with Crippen molar-refractivity contribution in [1.29, 1.82) is 0 Å². The molecule has 4 nitrogen and oxygen atoms in total. The van der Waals surface area contributed by atoms with Crippen LogP contribution in [0.25, 0.3) is 0 Å². The van der Waals surface area contributed by atoms with E-state index in [4.69, 9.17) is 17.3 Å². The number of halogens is 1. The highest BCUT2D eigenvalue weighted by molar-refractivity contribution is 6.30. The zero-order valence-electron chi connectivity index (χ0n) is 10.7. The van der Waals surface area contributed by atoms with Gasteiger partial charge < -0.3 is 16.2 Å². The van der Waals surface area contributed by atoms with Crippen LogP contribution in [0.1, 0.15) is 33.3 Å². The molecular formula is C12H20ClN3O. The number of hydrogen-bond acceptors (Lipinski definition) is 4. The van der Waals surface area contributed by atoms with Gasteiger partial charge in [0.15, 0.2) is 0 Å². The van der Waals surface area contributed by atoms with E-state index in [-0.39, 0.29) is 5.54 Å². The van der Waals surface area contributed by atoms with Crippen molar-refractivity contribution in [3.8, 4) is 0 Å². The van der Waals surface area contributed by atoms with Crippen LogP contribution in [0.5, 0.6) is 0 Å². The lowest BCUT2D eigenvalue weighted by Gasteiger charge is -2.30. The largest absolute Gasteiger partial charge is 0.384 e. The van der Waals surface area contributed by atoms with Gasteiger partial charge in [-0.3, -0.25) is 0 Å². The first-order chi connectivity index (χ1) is 7.62. The fraction of sp³-hybridized carbons (Fsp3) is 0.583. The molecule has 0 aliphatic heterocycles. The number of rotatable bonds is 3. The summed E-state index contributed by atoms with van der Waals surface area (Å²) in [5, 5.41) is 14.1. The van der Waals surface area contributed by atoms with Crippen LogP contribution in [0.2, 0.25) is 5.02 Å². The maximum atomic E-state index is 10.4. The van der Waals surface area contributed by atoms with E-state index in [2.05, 4.69) is 10.3 Å². The molecule has 4 N–H and O–H groups in total. The fourth-order valence-electron chi connectivity index (χ4n) is 1.41. The number of anilines is 1. The monoisotopic (exact) mass is 257 g/mol. The van der Waals surface area contributed by atoms with Gasteiger partial charge in [0, 0.05) is 23.8 Å². The quantitative estimate of drug-likeness (QED) is 0.774. The van der Waals surface area contributed by atoms with Crippen molar-refractivity contribution in [2.45, 2.75) is 38.8 Å². The first-order valence-electron chi connectivity index (χ1n) is 5.51. The van der Waals surface area contributed by atoms with Gasteiger partial charge in [-0.2, -0.15) is 0 Å². The molecule has 0 spiro atoms. The molecule has 1 aromatic heterocycles. The molecule has 1 atom stereocenters. The minimum Gasteiger partial charge on any atom is -0.384 e. The maximum absolute atomic E-state index is 10.4. The first-order valence-corrected chi connectivity index (χ1v) is 5.88. The standard InChI is InChI=1S/C12H20ClN3O/c1-11(2,3)16-7-12(4,17)9-5-8(13)6-15-10(9)14/h5-6,16-17H,7H2,1-4H3,(H2,14,15). The van der Waals surface area contributed by atoms with Crippen LogP contribution >= 0.6 is 11.6 Å². The molecule has 5 heteroatoms. The summed E-state index contributed by atoms with van der Waals surface area (Å²) in [5.41, 5.74) is 5.12. The smallest absolute Gasteiger partial charge is 0.129 e. The SMILES string of the molecule is CC(C)(C)NCC(C)(O)c1cc(Cl)cnc1N. The van der Waals surface area contributed by atoms with Crippen LogP contribution in [0, 0.1) is 0 Å². The van der Waals surface area contributed by atoms with Crippen molar-refractivity contribution in [3.05, 3.63) is 22.8 Å². The summed E-state index contributed by atoms with van der Waals surface area (Å²) in [6.07, 6.45) is 1.47. The fourth-order valence-corrected chi connectivity index (χ4v) is 1.57. The number of nitrogens with one attached hydrogen (secondary N) is 1. The summed E-state index contributed by atoms with van der Waals surface area (Å²) >= 11 is 5.86. The van der Waals surface area contributed by atoms with E-state index >= 15 is 0 Å². The molecule has 1 heterocycles. The van der Waals surface area contributed by atoms with Crippen LogP contribution in [-0.2, 0) is 5.60 Å². The highest BCUT2D eigenvalue weighted by Gasteiger charge is 2.28. The van der Waals surface area contributed by atoms with E-state index in [1.54, 1.807) is 13.0 Å². The zero-order chi connectivity index (χ0) is 13.3. The molecular weight excluding hydrogens is 238 g/mol. The minimum absolute atomic E-state index is 0.0786. The average molecular weight is 258 g/mol. The number of aliphatic hydroxyl groups is 1. The van der Waals surface area contributed by atoms with Gasteiger partial charge in [0.25, 0.3) is 0 Å². The Morgan fingerprint density at radius 3 is 2.53 bits per heavy atom. The Hall–Kier alpha value is -0.840. The molecule has 1 unspecified atom stereocenters. The number of β-amino-alcohol motifs (C(OH)–C–C–N with tert-alkyl or cyclic N) is 1. The second-order valence-corrected chi connectivity index (χ2v) is 5.90. The molecule has 1 rings (SSSR count). The van der Waals surface area contributed by atoms with Gasteiger partial charge in [-0.15, -0.1) is 0 Å². The molecule has 0 aromatic carbocycles. The van der Waals surface area contributed by atoms with Gasteiger partial charge >= 0.3 is 0 Å². The number of nitrogens with zero attached hydrogens (tertiary/aromatic N) is 1. The number of nitrogen functional groups attached to an aromatic ring is 1. The molecule has 0 saturated heterocycles. The predicted octanol–water partition coefficient (Wildman–Crippen LogP) is 1.91. The van der Waals surface area contributed by atoms with Gasteiger partial charge in [0.1, 0.15) is 11.4 Å². The van der Waals surface area contributed by atoms with Crippen LogP contribution in [0.3, 0.4) is 0 Å². The van der Waals surface area contributed by atoms with Crippen molar-refractivity contribution in [2.24, 2.45) is 0 Å². The van der Waals surface area contributed by atoms with Crippen molar-refractivity contribution in [3.63, 3.8) is 0 Å². The highest BCUT2D eigenvalue weighted by Crippen LogP contribution is 2.27. The van der Waals surface area contributed by atoms with Crippen LogP contribution in [-0.4, -0.2) is 22.2 Å². The minimum atomic E-state index is -1.10. The Balaban J connectivity index is 2.92. The topological polar surface area (TPSA) is 71.2 Å². The zero-order valence-corrected chi connectivity index (χ0v) is 11.5. The third-order valence-corrected chi connectivity index (χ3v) is 2.64. The van der Waals surface area contributed by atoms with Crippen molar-refractivity contribution >= 4 is 17.4 Å². The van der Waals surface area contributed by atoms with Gasteiger partial charge in [-0.25, -0.2) is 4.98 Å². The van der Waals surface area contributed by atoms with E-state index < -0.39 is 5.60 Å². The van der Waals surface area contributed by atoms with Crippen molar-refractivity contribution < 1.29 is 5.11 Å². The van der Waals surface area contributed by atoms with Crippen LogP contribution in [0.4, 0.5) is 5.82 Å². The van der Waals surface area contributed by atoms with Gasteiger partial charge in [-0.1, -0.05) is 11.6 Å². The number of nitrogens with two attached hydrogens (primary N) is 1. The molecule has 96 valence electrons. The third kappa shape index (κ3) is 4.15. The van der Waals surface area contributed by atoms with E-state index in [1.165, 1.54) is 6.20 Å². The summed E-state index contributed by atoms with van der Waals surface area (Å²) in [6, 6.07) is 1.65. The van der Waals surface area contributed by atoms with Gasteiger partial charge in [-0.05, 0) is 33.8 Å². The van der Waals surface area contributed by atoms with E-state index in [1.807, 2.05) is 20.8 Å².